The van der Waals surface area contributed by atoms with Gasteiger partial charge in [0.05, 0.1) is 37.9 Å². The lowest BCUT2D eigenvalue weighted by atomic mass is 10.1. The Bertz CT molecular complexity index is 1500. The van der Waals surface area contributed by atoms with E-state index in [2.05, 4.69) is 10.4 Å². The second-order valence-electron chi connectivity index (χ2n) is 8.73. The summed E-state index contributed by atoms with van der Waals surface area (Å²) in [6.07, 6.45) is 0.257. The van der Waals surface area contributed by atoms with E-state index in [-0.39, 0.29) is 29.0 Å². The number of carbonyl (C=O) groups is 1. The standard InChI is InChI=1S/C28H27F3N4O4/c1-38-17-23-21(28(37)32-13-20-22(29)10-11-24(39-2)26(20)27(30)31)16-35(33-23)15-19-8-6-18(7-9-19)14-34-12-4-3-5-25(34)36/h3-12,16,27H,13-15,17H2,1-2H3,(H,32,37). The van der Waals surface area contributed by atoms with Crippen molar-refractivity contribution in [3.05, 3.63) is 117 Å². The molecule has 2 aromatic carbocycles. The van der Waals surface area contributed by atoms with Gasteiger partial charge >= 0.3 is 0 Å². The number of methoxy groups -OCH3 is 2. The first-order valence-corrected chi connectivity index (χ1v) is 12.0. The van der Waals surface area contributed by atoms with E-state index in [0.717, 1.165) is 23.3 Å². The van der Waals surface area contributed by atoms with Gasteiger partial charge in [-0.3, -0.25) is 14.3 Å². The van der Waals surface area contributed by atoms with Crippen molar-refractivity contribution in [1.82, 2.24) is 19.7 Å². The zero-order chi connectivity index (χ0) is 27.9. The molecule has 0 aliphatic carbocycles. The summed E-state index contributed by atoms with van der Waals surface area (Å²) in [5.41, 5.74) is 1.32. The van der Waals surface area contributed by atoms with Crippen molar-refractivity contribution in [2.45, 2.75) is 32.7 Å². The Morgan fingerprint density at radius 1 is 1.03 bits per heavy atom. The molecule has 0 unspecified atom stereocenters. The molecule has 0 saturated carbocycles. The van der Waals surface area contributed by atoms with E-state index in [9.17, 15) is 22.8 Å². The van der Waals surface area contributed by atoms with Crippen LogP contribution in [0, 0.1) is 5.82 Å². The second kappa shape index (κ2) is 12.4. The van der Waals surface area contributed by atoms with Gasteiger partial charge in [-0.25, -0.2) is 13.2 Å². The van der Waals surface area contributed by atoms with Crippen LogP contribution >= 0.6 is 0 Å². The summed E-state index contributed by atoms with van der Waals surface area (Å²) in [5, 5.41) is 6.94. The molecule has 0 saturated heterocycles. The van der Waals surface area contributed by atoms with E-state index in [1.54, 1.807) is 27.6 Å². The van der Waals surface area contributed by atoms with Crippen molar-refractivity contribution < 1.29 is 27.4 Å². The average Bonchev–Trinajstić information content (AvgIpc) is 3.32. The van der Waals surface area contributed by atoms with Gasteiger partial charge in [0.1, 0.15) is 17.3 Å². The number of alkyl halides is 2. The van der Waals surface area contributed by atoms with Crippen LogP contribution in [0.25, 0.3) is 0 Å². The summed E-state index contributed by atoms with van der Waals surface area (Å²) in [4.78, 5) is 24.9. The van der Waals surface area contributed by atoms with Crippen molar-refractivity contribution >= 4 is 5.91 Å². The summed E-state index contributed by atoms with van der Waals surface area (Å²) in [6, 6.07) is 14.7. The molecule has 1 amide bonds. The van der Waals surface area contributed by atoms with Gasteiger partial charge in [0.25, 0.3) is 17.9 Å². The van der Waals surface area contributed by atoms with Crippen LogP contribution < -0.4 is 15.6 Å². The molecule has 0 radical (unpaired) electrons. The molecule has 8 nitrogen and oxygen atoms in total. The third kappa shape index (κ3) is 6.55. The van der Waals surface area contributed by atoms with Gasteiger partial charge < -0.3 is 19.4 Å². The Kier molecular flexibility index (Phi) is 8.82. The summed E-state index contributed by atoms with van der Waals surface area (Å²) in [5.74, 6) is -1.65. The van der Waals surface area contributed by atoms with Crippen LogP contribution in [-0.4, -0.2) is 34.5 Å². The first kappa shape index (κ1) is 27.6. The molecule has 1 N–H and O–H groups in total. The maximum atomic E-state index is 14.4. The molecule has 0 fully saturated rings. The van der Waals surface area contributed by atoms with E-state index >= 15 is 0 Å². The minimum atomic E-state index is -2.99. The van der Waals surface area contributed by atoms with Gasteiger partial charge in [-0.1, -0.05) is 30.3 Å². The van der Waals surface area contributed by atoms with Crippen molar-refractivity contribution in [1.29, 1.82) is 0 Å². The number of ether oxygens (including phenoxy) is 2. The highest BCUT2D eigenvalue weighted by Gasteiger charge is 2.24. The zero-order valence-corrected chi connectivity index (χ0v) is 21.4. The van der Waals surface area contributed by atoms with Crippen molar-refractivity contribution in [3.8, 4) is 5.75 Å². The summed E-state index contributed by atoms with van der Waals surface area (Å²) in [7, 11) is 2.67. The molecular weight excluding hydrogens is 513 g/mol. The van der Waals surface area contributed by atoms with Crippen LogP contribution in [-0.2, 0) is 31.0 Å². The Morgan fingerprint density at radius 2 is 1.74 bits per heavy atom. The molecular formula is C28H27F3N4O4. The highest BCUT2D eigenvalue weighted by atomic mass is 19.3. The molecule has 39 heavy (non-hydrogen) atoms. The molecule has 2 heterocycles. The Morgan fingerprint density at radius 3 is 2.38 bits per heavy atom. The van der Waals surface area contributed by atoms with E-state index in [1.165, 1.54) is 26.5 Å². The fraction of sp³-hybridized carbons (Fsp3) is 0.250. The van der Waals surface area contributed by atoms with Crippen LogP contribution in [0.1, 0.15) is 44.7 Å². The molecule has 0 atom stereocenters. The number of nitrogens with one attached hydrogen (secondary N) is 1. The largest absolute Gasteiger partial charge is 0.496 e. The highest BCUT2D eigenvalue weighted by molar-refractivity contribution is 5.95. The maximum absolute atomic E-state index is 14.4. The first-order valence-electron chi connectivity index (χ1n) is 12.0. The third-order valence-electron chi connectivity index (χ3n) is 6.11. The first-order chi connectivity index (χ1) is 18.8. The van der Waals surface area contributed by atoms with Gasteiger partial charge in [-0.2, -0.15) is 5.10 Å². The number of halogens is 3. The number of rotatable bonds is 11. The minimum Gasteiger partial charge on any atom is -0.496 e. The van der Waals surface area contributed by atoms with Gasteiger partial charge in [-0.05, 0) is 29.3 Å². The van der Waals surface area contributed by atoms with Gasteiger partial charge in [0, 0.05) is 37.7 Å². The van der Waals surface area contributed by atoms with E-state index in [0.29, 0.717) is 18.8 Å². The third-order valence-corrected chi connectivity index (χ3v) is 6.11. The van der Waals surface area contributed by atoms with Crippen molar-refractivity contribution in [3.63, 3.8) is 0 Å². The van der Waals surface area contributed by atoms with Crippen LogP contribution in [0.2, 0.25) is 0 Å². The number of hydrogen-bond donors (Lipinski definition) is 1. The van der Waals surface area contributed by atoms with Gasteiger partial charge in [0.15, 0.2) is 0 Å². The molecule has 204 valence electrons. The van der Waals surface area contributed by atoms with E-state index in [1.807, 2.05) is 24.3 Å². The number of amides is 1. The Hall–Kier alpha value is -4.38. The zero-order valence-electron chi connectivity index (χ0n) is 21.4. The molecule has 0 aliphatic heterocycles. The van der Waals surface area contributed by atoms with Crippen molar-refractivity contribution in [2.75, 3.05) is 14.2 Å². The SMILES string of the molecule is COCc1nn(Cc2ccc(Cn3ccccc3=O)cc2)cc1C(=O)NCc1c(F)ccc(OC)c1C(F)F. The Labute approximate surface area is 222 Å². The van der Waals surface area contributed by atoms with E-state index in [4.69, 9.17) is 9.47 Å². The predicted molar refractivity (Wildman–Crippen MR) is 137 cm³/mol. The number of hydrogen-bond acceptors (Lipinski definition) is 5. The number of aromatic nitrogens is 3. The molecule has 0 spiro atoms. The highest BCUT2D eigenvalue weighted by Crippen LogP contribution is 2.33. The molecule has 2 aromatic heterocycles. The predicted octanol–water partition coefficient (Wildman–Crippen LogP) is 4.30. The molecule has 0 bridgehead atoms. The van der Waals surface area contributed by atoms with Crippen LogP contribution in [0.5, 0.6) is 5.75 Å². The second-order valence-corrected chi connectivity index (χ2v) is 8.73. The van der Waals surface area contributed by atoms with E-state index < -0.39 is 30.3 Å². The van der Waals surface area contributed by atoms with Crippen molar-refractivity contribution in [2.24, 2.45) is 0 Å². The lowest BCUT2D eigenvalue weighted by Gasteiger charge is -2.15. The number of carbonyl (C=O) groups excluding carboxylic acids is 1. The summed E-state index contributed by atoms with van der Waals surface area (Å²) >= 11 is 0. The quantitative estimate of drug-likeness (QED) is 0.307. The summed E-state index contributed by atoms with van der Waals surface area (Å²) < 4.78 is 54.9. The average molecular weight is 541 g/mol. The molecule has 11 heteroatoms. The molecule has 0 aliphatic rings. The molecule has 4 rings (SSSR count). The minimum absolute atomic E-state index is 0.0380. The Balaban J connectivity index is 1.48. The van der Waals surface area contributed by atoms with Gasteiger partial charge in [-0.15, -0.1) is 0 Å². The number of nitrogens with zero attached hydrogens (tertiary/aromatic N) is 3. The van der Waals surface area contributed by atoms with Crippen LogP contribution in [0.15, 0.2) is 71.8 Å². The number of pyridine rings is 1. The maximum Gasteiger partial charge on any atom is 0.267 e. The topological polar surface area (TPSA) is 87.4 Å². The normalized spacial score (nSPS) is 11.1. The van der Waals surface area contributed by atoms with Crippen LogP contribution in [0.4, 0.5) is 13.2 Å². The summed E-state index contributed by atoms with van der Waals surface area (Å²) in [6.45, 7) is 0.349. The monoisotopic (exact) mass is 540 g/mol. The van der Waals surface area contributed by atoms with Gasteiger partial charge in [0.2, 0.25) is 0 Å². The fourth-order valence-electron chi connectivity index (χ4n) is 4.18. The molecule has 4 aromatic rings. The number of benzene rings is 2. The smallest absolute Gasteiger partial charge is 0.267 e. The fourth-order valence-corrected chi connectivity index (χ4v) is 4.18. The lowest BCUT2D eigenvalue weighted by Crippen LogP contribution is -2.25. The van der Waals surface area contributed by atoms with Crippen LogP contribution in [0.3, 0.4) is 0 Å². The lowest BCUT2D eigenvalue weighted by molar-refractivity contribution is 0.0943.